The summed E-state index contributed by atoms with van der Waals surface area (Å²) in [5.74, 6) is 1.11. The van der Waals surface area contributed by atoms with Crippen LogP contribution in [0.1, 0.15) is 41.5 Å². The normalized spacial score (nSPS) is 7.44. The second-order valence-corrected chi connectivity index (χ2v) is 2.14. The van der Waals surface area contributed by atoms with Gasteiger partial charge < -0.3 is 0 Å². The molecule has 18 heavy (non-hydrogen) atoms. The second-order valence-electron chi connectivity index (χ2n) is 2.14. The van der Waals surface area contributed by atoms with Crippen molar-refractivity contribution >= 4 is 0 Å². The molecule has 0 bridgehead atoms. The van der Waals surface area contributed by atoms with Crippen LogP contribution in [0.2, 0.25) is 0 Å². The van der Waals surface area contributed by atoms with Gasteiger partial charge in [0.15, 0.2) is 11.6 Å². The van der Waals surface area contributed by atoms with Crippen LogP contribution in [0.5, 0.6) is 0 Å². The maximum absolute atomic E-state index is 4.01. The Hall–Kier alpha value is -1.84. The molecule has 0 aliphatic carbocycles. The van der Waals surface area contributed by atoms with Crippen LogP contribution in [0, 0.1) is 0 Å². The zero-order valence-electron chi connectivity index (χ0n) is 12.3. The monoisotopic (exact) mass is 248 g/mol. The predicted octanol–water partition coefficient (Wildman–Crippen LogP) is 4.01. The molecule has 0 aliphatic rings. The van der Waals surface area contributed by atoms with E-state index in [4.69, 9.17) is 0 Å². The fraction of sp³-hybridized carbons (Fsp3) is 0.429. The second kappa shape index (κ2) is 15.2. The van der Waals surface area contributed by atoms with E-state index in [2.05, 4.69) is 19.9 Å². The lowest BCUT2D eigenvalue weighted by molar-refractivity contribution is 1.08. The Morgan fingerprint density at radius 1 is 0.500 bits per heavy atom. The highest BCUT2D eigenvalue weighted by Gasteiger charge is 1.99. The van der Waals surface area contributed by atoms with Gasteiger partial charge in [0.05, 0.1) is 0 Å². The van der Waals surface area contributed by atoms with Gasteiger partial charge >= 0.3 is 0 Å². The van der Waals surface area contributed by atoms with Crippen molar-refractivity contribution in [3.8, 4) is 11.6 Å². The third-order valence-corrected chi connectivity index (χ3v) is 1.33. The molecule has 2 heterocycles. The van der Waals surface area contributed by atoms with E-state index in [0.29, 0.717) is 11.6 Å². The first-order valence-corrected chi connectivity index (χ1v) is 6.51. The summed E-state index contributed by atoms with van der Waals surface area (Å²) in [7, 11) is 0. The lowest BCUT2D eigenvalue weighted by Gasteiger charge is -1.93. The molecular weight excluding hydrogens is 224 g/mol. The van der Waals surface area contributed by atoms with Crippen molar-refractivity contribution in [3.05, 3.63) is 36.9 Å². The minimum atomic E-state index is 0.554. The van der Waals surface area contributed by atoms with Crippen molar-refractivity contribution in [1.82, 2.24) is 19.9 Å². The Kier molecular flexibility index (Phi) is 15.6. The fourth-order valence-electron chi connectivity index (χ4n) is 0.829. The lowest BCUT2D eigenvalue weighted by Crippen LogP contribution is -1.91. The molecule has 0 spiro atoms. The average molecular weight is 248 g/mol. The summed E-state index contributed by atoms with van der Waals surface area (Å²) >= 11 is 0. The van der Waals surface area contributed by atoms with Gasteiger partial charge in [0.25, 0.3) is 0 Å². The van der Waals surface area contributed by atoms with Crippen molar-refractivity contribution in [2.75, 3.05) is 0 Å². The third-order valence-electron chi connectivity index (χ3n) is 1.33. The van der Waals surface area contributed by atoms with Crippen LogP contribution in [0.15, 0.2) is 36.9 Å². The van der Waals surface area contributed by atoms with Crippen molar-refractivity contribution in [2.24, 2.45) is 0 Å². The molecule has 0 saturated heterocycles. The first kappa shape index (κ1) is 18.5. The van der Waals surface area contributed by atoms with E-state index in [1.165, 1.54) is 0 Å². The van der Waals surface area contributed by atoms with Gasteiger partial charge in [0, 0.05) is 24.8 Å². The van der Waals surface area contributed by atoms with Crippen LogP contribution in [0.25, 0.3) is 11.6 Å². The molecule has 0 amide bonds. The largest absolute Gasteiger partial charge is 0.234 e. The van der Waals surface area contributed by atoms with Crippen molar-refractivity contribution in [1.29, 1.82) is 0 Å². The van der Waals surface area contributed by atoms with Crippen LogP contribution in [-0.2, 0) is 0 Å². The molecule has 4 nitrogen and oxygen atoms in total. The number of hydrogen-bond donors (Lipinski definition) is 0. The van der Waals surface area contributed by atoms with Crippen molar-refractivity contribution < 1.29 is 0 Å². The number of nitrogens with zero attached hydrogens (tertiary/aromatic N) is 4. The molecule has 0 aliphatic heterocycles. The summed E-state index contributed by atoms with van der Waals surface area (Å²) in [5.41, 5.74) is 0. The van der Waals surface area contributed by atoms with Gasteiger partial charge in [-0.15, -0.1) is 0 Å². The zero-order valence-corrected chi connectivity index (χ0v) is 12.3. The first-order chi connectivity index (χ1) is 8.97. The van der Waals surface area contributed by atoms with E-state index in [0.717, 1.165) is 0 Å². The van der Waals surface area contributed by atoms with E-state index in [-0.39, 0.29) is 0 Å². The number of rotatable bonds is 1. The summed E-state index contributed by atoms with van der Waals surface area (Å²) in [6.45, 7) is 12.0. The minimum absolute atomic E-state index is 0.554. The van der Waals surface area contributed by atoms with Gasteiger partial charge in [-0.05, 0) is 12.1 Å². The van der Waals surface area contributed by atoms with Gasteiger partial charge in [0.2, 0.25) is 0 Å². The highest BCUT2D eigenvalue weighted by Crippen LogP contribution is 2.03. The Labute approximate surface area is 111 Å². The average Bonchev–Trinajstić information content (AvgIpc) is 2.55. The van der Waals surface area contributed by atoms with Crippen LogP contribution in [-0.4, -0.2) is 19.9 Å². The molecule has 0 saturated carbocycles. The first-order valence-electron chi connectivity index (χ1n) is 6.51. The molecule has 100 valence electrons. The molecule has 2 aromatic heterocycles. The maximum Gasteiger partial charge on any atom is 0.197 e. The summed E-state index contributed by atoms with van der Waals surface area (Å²) in [4.78, 5) is 16.1. The zero-order chi connectivity index (χ0) is 14.2. The van der Waals surface area contributed by atoms with Crippen LogP contribution < -0.4 is 0 Å². The Balaban J connectivity index is 0. The van der Waals surface area contributed by atoms with Gasteiger partial charge in [0.1, 0.15) is 0 Å². The summed E-state index contributed by atoms with van der Waals surface area (Å²) in [5, 5.41) is 0. The van der Waals surface area contributed by atoms with E-state index < -0.39 is 0 Å². The van der Waals surface area contributed by atoms with Gasteiger partial charge in [-0.25, -0.2) is 19.9 Å². The smallest absolute Gasteiger partial charge is 0.197 e. The van der Waals surface area contributed by atoms with Crippen molar-refractivity contribution in [2.45, 2.75) is 41.5 Å². The predicted molar refractivity (Wildman–Crippen MR) is 77.1 cm³/mol. The van der Waals surface area contributed by atoms with Gasteiger partial charge in [-0.1, -0.05) is 41.5 Å². The van der Waals surface area contributed by atoms with E-state index in [9.17, 15) is 0 Å². The molecule has 2 aromatic rings. The minimum Gasteiger partial charge on any atom is -0.234 e. The molecule has 0 unspecified atom stereocenters. The van der Waals surface area contributed by atoms with E-state index >= 15 is 0 Å². The third kappa shape index (κ3) is 7.44. The van der Waals surface area contributed by atoms with E-state index in [1.807, 2.05) is 41.5 Å². The molecule has 0 fully saturated rings. The quantitative estimate of drug-likeness (QED) is 0.765. The highest BCUT2D eigenvalue weighted by molar-refractivity contribution is 5.40. The van der Waals surface area contributed by atoms with Crippen LogP contribution in [0.3, 0.4) is 0 Å². The fourth-order valence-corrected chi connectivity index (χ4v) is 0.829. The number of hydrogen-bond acceptors (Lipinski definition) is 4. The molecule has 0 aromatic carbocycles. The number of aromatic nitrogens is 4. The van der Waals surface area contributed by atoms with Crippen molar-refractivity contribution in [3.63, 3.8) is 0 Å². The molecular formula is C14H24N4. The molecule has 0 atom stereocenters. The van der Waals surface area contributed by atoms with Crippen LogP contribution in [0.4, 0.5) is 0 Å². The lowest BCUT2D eigenvalue weighted by atomic mass is 10.5. The Morgan fingerprint density at radius 3 is 0.944 bits per heavy atom. The topological polar surface area (TPSA) is 51.6 Å². The summed E-state index contributed by atoms with van der Waals surface area (Å²) < 4.78 is 0. The summed E-state index contributed by atoms with van der Waals surface area (Å²) in [6.07, 6.45) is 6.66. The highest BCUT2D eigenvalue weighted by atomic mass is 15.0. The van der Waals surface area contributed by atoms with Gasteiger partial charge in [-0.3, -0.25) is 0 Å². The maximum atomic E-state index is 4.01. The Morgan fingerprint density at radius 2 is 0.722 bits per heavy atom. The molecule has 0 radical (unpaired) electrons. The standard InChI is InChI=1S/C8H6N4.3C2H6/c1-3-9-7(10-4-1)8-11-5-2-6-12-8;3*1-2/h1-6H;3*1-2H3. The van der Waals surface area contributed by atoms with Crippen LogP contribution >= 0.6 is 0 Å². The van der Waals surface area contributed by atoms with E-state index in [1.54, 1.807) is 36.9 Å². The Bertz CT molecular complexity index is 311. The molecule has 4 heteroatoms. The van der Waals surface area contributed by atoms with Gasteiger partial charge in [-0.2, -0.15) is 0 Å². The molecule has 2 rings (SSSR count). The molecule has 0 N–H and O–H groups in total. The summed E-state index contributed by atoms with van der Waals surface area (Å²) in [6, 6.07) is 3.51. The SMILES string of the molecule is CC.CC.CC.c1cnc(-c2ncccn2)nc1.